The molecule has 0 aliphatic carbocycles. The number of aromatic nitrogens is 4. The molecular formula is C21H23FN6O2S. The minimum atomic E-state index is -0.388. The zero-order valence-electron chi connectivity index (χ0n) is 17.8. The predicted octanol–water partition coefficient (Wildman–Crippen LogP) is 3.44. The van der Waals surface area contributed by atoms with E-state index < -0.39 is 0 Å². The average molecular weight is 443 g/mol. The third kappa shape index (κ3) is 3.71. The molecular weight excluding hydrogens is 419 g/mol. The monoisotopic (exact) mass is 442 g/mol. The summed E-state index contributed by atoms with van der Waals surface area (Å²) in [6.45, 7) is 8.53. The van der Waals surface area contributed by atoms with Gasteiger partial charge in [0.25, 0.3) is 5.91 Å². The van der Waals surface area contributed by atoms with Crippen molar-refractivity contribution in [2.45, 2.75) is 40.3 Å². The molecule has 1 aromatic carbocycles. The topological polar surface area (TPSA) is 84.2 Å². The van der Waals surface area contributed by atoms with Crippen molar-refractivity contribution in [2.75, 3.05) is 18.0 Å². The first-order valence-electron chi connectivity index (χ1n) is 10.1. The largest absolute Gasteiger partial charge is 0.328 e. The molecule has 31 heavy (non-hydrogen) atoms. The molecule has 0 radical (unpaired) electrons. The van der Waals surface area contributed by atoms with Gasteiger partial charge in [0.15, 0.2) is 16.6 Å². The summed E-state index contributed by atoms with van der Waals surface area (Å²) in [5.41, 5.74) is 1.20. The number of halogens is 1. The zero-order chi connectivity index (χ0) is 22.3. The molecule has 0 spiro atoms. The van der Waals surface area contributed by atoms with Gasteiger partial charge < -0.3 is 9.47 Å². The molecule has 1 aliphatic rings. The zero-order valence-corrected chi connectivity index (χ0v) is 18.6. The van der Waals surface area contributed by atoms with Crippen LogP contribution in [0.5, 0.6) is 0 Å². The normalized spacial score (nSPS) is 15.6. The van der Waals surface area contributed by atoms with Crippen LogP contribution in [0.3, 0.4) is 0 Å². The van der Waals surface area contributed by atoms with Gasteiger partial charge in [-0.1, -0.05) is 0 Å². The van der Waals surface area contributed by atoms with E-state index in [9.17, 15) is 14.0 Å². The number of fused-ring (bicyclic) bond motifs is 1. The maximum atomic E-state index is 13.3. The Balaban J connectivity index is 1.80. The smallest absolute Gasteiger partial charge is 0.254 e. The number of imidazole rings is 1. The number of rotatable bonds is 4. The summed E-state index contributed by atoms with van der Waals surface area (Å²) < 4.78 is 19.6. The Morgan fingerprint density at radius 2 is 1.94 bits per heavy atom. The van der Waals surface area contributed by atoms with Crippen molar-refractivity contribution in [3.8, 4) is 10.8 Å². The lowest BCUT2D eigenvalue weighted by molar-refractivity contribution is -0.116. The van der Waals surface area contributed by atoms with Gasteiger partial charge in [0.05, 0.1) is 11.7 Å². The number of hydrogen-bond acceptors (Lipinski definition) is 6. The molecule has 1 unspecified atom stereocenters. The first-order valence-corrected chi connectivity index (χ1v) is 10.8. The molecule has 1 aliphatic heterocycles. The van der Waals surface area contributed by atoms with Gasteiger partial charge in [-0.05, 0) is 56.6 Å². The Bertz CT molecular complexity index is 1140. The summed E-state index contributed by atoms with van der Waals surface area (Å²) in [6, 6.07) is 5.19. The van der Waals surface area contributed by atoms with Gasteiger partial charge >= 0.3 is 0 Å². The highest BCUT2D eigenvalue weighted by Gasteiger charge is 2.36. The highest BCUT2D eigenvalue weighted by Crippen LogP contribution is 2.38. The summed E-state index contributed by atoms with van der Waals surface area (Å²) in [4.78, 5) is 38.1. The molecule has 10 heteroatoms. The number of nitrogens with zero attached hydrogens (tertiary/aromatic N) is 6. The Morgan fingerprint density at radius 3 is 2.52 bits per heavy atom. The molecule has 3 heterocycles. The van der Waals surface area contributed by atoms with Crippen LogP contribution in [0.25, 0.3) is 10.8 Å². The average Bonchev–Trinajstić information content (AvgIpc) is 3.33. The molecule has 0 saturated carbocycles. The van der Waals surface area contributed by atoms with E-state index in [-0.39, 0.29) is 23.7 Å². The number of hydrogen-bond donors (Lipinski definition) is 0. The van der Waals surface area contributed by atoms with E-state index in [1.807, 2.05) is 25.3 Å². The van der Waals surface area contributed by atoms with Crippen molar-refractivity contribution in [2.24, 2.45) is 0 Å². The third-order valence-electron chi connectivity index (χ3n) is 5.44. The van der Waals surface area contributed by atoms with Crippen LogP contribution in [0.4, 0.5) is 10.2 Å². The number of anilines is 1. The van der Waals surface area contributed by atoms with Crippen molar-refractivity contribution >= 4 is 29.2 Å². The second-order valence-corrected chi connectivity index (χ2v) is 8.14. The van der Waals surface area contributed by atoms with E-state index in [1.54, 1.807) is 9.80 Å². The molecule has 2 aromatic heterocycles. The minimum absolute atomic E-state index is 0.127. The minimum Gasteiger partial charge on any atom is -0.328 e. The standard InChI is InChI=1S/C21H23FN6O2S/c1-5-26(14(4)29)18-17-12(2)27(21(30)15-6-8-16(22)9-7-15)10-11-28(17)19(24-18)20-23-13(3)25-31-20/h6-9,12H,5,10-11H2,1-4H3. The van der Waals surface area contributed by atoms with E-state index in [0.29, 0.717) is 47.7 Å². The van der Waals surface area contributed by atoms with Gasteiger partial charge in [-0.2, -0.15) is 4.37 Å². The fraction of sp³-hybridized carbons (Fsp3) is 0.381. The maximum Gasteiger partial charge on any atom is 0.254 e. The molecule has 0 bridgehead atoms. The van der Waals surface area contributed by atoms with Gasteiger partial charge in [-0.15, -0.1) is 0 Å². The van der Waals surface area contributed by atoms with E-state index in [1.165, 1.54) is 42.7 Å². The van der Waals surface area contributed by atoms with Crippen LogP contribution in [0.1, 0.15) is 48.7 Å². The summed E-state index contributed by atoms with van der Waals surface area (Å²) >= 11 is 1.26. The van der Waals surface area contributed by atoms with Crippen LogP contribution >= 0.6 is 11.5 Å². The van der Waals surface area contributed by atoms with Crippen LogP contribution in [-0.2, 0) is 11.3 Å². The van der Waals surface area contributed by atoms with Gasteiger partial charge in [-0.3, -0.25) is 14.5 Å². The molecule has 0 fully saturated rings. The van der Waals surface area contributed by atoms with Crippen molar-refractivity contribution < 1.29 is 14.0 Å². The maximum absolute atomic E-state index is 13.3. The number of benzene rings is 1. The van der Waals surface area contributed by atoms with E-state index in [4.69, 9.17) is 4.98 Å². The molecule has 162 valence electrons. The fourth-order valence-electron chi connectivity index (χ4n) is 3.95. The highest BCUT2D eigenvalue weighted by molar-refractivity contribution is 7.09. The number of carbonyl (C=O) groups excluding carboxylic acids is 2. The van der Waals surface area contributed by atoms with Gasteiger partial charge in [0, 0.05) is 32.1 Å². The van der Waals surface area contributed by atoms with Crippen LogP contribution in [0, 0.1) is 12.7 Å². The fourth-order valence-corrected chi connectivity index (χ4v) is 4.62. The van der Waals surface area contributed by atoms with E-state index in [2.05, 4.69) is 9.36 Å². The van der Waals surface area contributed by atoms with Crippen molar-refractivity contribution in [3.05, 3.63) is 47.2 Å². The van der Waals surface area contributed by atoms with Gasteiger partial charge in [-0.25, -0.2) is 14.4 Å². The second-order valence-electron chi connectivity index (χ2n) is 7.39. The first kappa shape index (κ1) is 21.1. The van der Waals surface area contributed by atoms with Crippen molar-refractivity contribution in [3.63, 3.8) is 0 Å². The Morgan fingerprint density at radius 1 is 1.23 bits per heavy atom. The molecule has 0 N–H and O–H groups in total. The third-order valence-corrected chi connectivity index (χ3v) is 6.24. The second kappa shape index (κ2) is 8.18. The lowest BCUT2D eigenvalue weighted by Gasteiger charge is -2.36. The number of carbonyl (C=O) groups is 2. The lowest BCUT2D eigenvalue weighted by atomic mass is 10.1. The molecule has 1 atom stereocenters. The number of amides is 2. The molecule has 2 amide bonds. The Labute approximate surface area is 183 Å². The predicted molar refractivity (Wildman–Crippen MR) is 115 cm³/mol. The van der Waals surface area contributed by atoms with Crippen LogP contribution < -0.4 is 4.90 Å². The first-order chi connectivity index (χ1) is 14.8. The summed E-state index contributed by atoms with van der Waals surface area (Å²) in [6.07, 6.45) is 0. The quantitative estimate of drug-likeness (QED) is 0.618. The number of aryl methyl sites for hydroxylation is 1. The van der Waals surface area contributed by atoms with Crippen molar-refractivity contribution in [1.82, 2.24) is 23.8 Å². The van der Waals surface area contributed by atoms with Gasteiger partial charge in [0.2, 0.25) is 5.91 Å². The molecule has 4 rings (SSSR count). The summed E-state index contributed by atoms with van der Waals surface area (Å²) in [5, 5.41) is 0.676. The Kier molecular flexibility index (Phi) is 5.57. The van der Waals surface area contributed by atoms with E-state index >= 15 is 0 Å². The van der Waals surface area contributed by atoms with Crippen molar-refractivity contribution in [1.29, 1.82) is 0 Å². The van der Waals surface area contributed by atoms with Crippen LogP contribution in [0.2, 0.25) is 0 Å². The molecule has 3 aromatic rings. The lowest BCUT2D eigenvalue weighted by Crippen LogP contribution is -2.42. The van der Waals surface area contributed by atoms with E-state index in [0.717, 1.165) is 5.69 Å². The van der Waals surface area contributed by atoms with Crippen LogP contribution in [0.15, 0.2) is 24.3 Å². The van der Waals surface area contributed by atoms with Crippen LogP contribution in [-0.4, -0.2) is 48.7 Å². The summed E-state index contributed by atoms with van der Waals surface area (Å²) in [5.74, 6) is 1.14. The summed E-state index contributed by atoms with van der Waals surface area (Å²) in [7, 11) is 0. The SMILES string of the molecule is CCN(C(C)=O)c1nc(-c2nc(C)ns2)n2c1C(C)N(C(=O)c1ccc(F)cc1)CC2. The van der Waals surface area contributed by atoms with Gasteiger partial charge in [0.1, 0.15) is 11.6 Å². The Hall–Kier alpha value is -3.14. The molecule has 8 nitrogen and oxygen atoms in total. The molecule has 0 saturated heterocycles. The highest BCUT2D eigenvalue weighted by atomic mass is 32.1.